The SMILES string of the molecule is ClC(Cl)(Cl)CCCOc1c[c]ccc1OCCCC(Cl)(Cl)Cl. The van der Waals surface area contributed by atoms with E-state index in [9.17, 15) is 0 Å². The van der Waals surface area contributed by atoms with Gasteiger partial charge in [-0.15, -0.1) is 0 Å². The zero-order valence-electron chi connectivity index (χ0n) is 11.6. The highest BCUT2D eigenvalue weighted by Gasteiger charge is 2.19. The average molecular weight is 428 g/mol. The van der Waals surface area contributed by atoms with Gasteiger partial charge in [-0.05, 0) is 43.9 Å². The van der Waals surface area contributed by atoms with Gasteiger partial charge in [0.2, 0.25) is 0 Å². The Morgan fingerprint density at radius 1 is 0.818 bits per heavy atom. The molecule has 8 heteroatoms. The molecule has 0 saturated carbocycles. The Morgan fingerprint density at radius 3 is 1.82 bits per heavy atom. The fourth-order valence-electron chi connectivity index (χ4n) is 1.54. The summed E-state index contributed by atoms with van der Waals surface area (Å²) in [6, 6.07) is 8.12. The maximum absolute atomic E-state index is 5.68. The molecule has 0 fully saturated rings. The van der Waals surface area contributed by atoms with Gasteiger partial charge in [-0.25, -0.2) is 0 Å². The van der Waals surface area contributed by atoms with E-state index in [1.165, 1.54) is 0 Å². The van der Waals surface area contributed by atoms with Crippen molar-refractivity contribution in [2.24, 2.45) is 0 Å². The molecular formula is C14H15Cl6O2. The van der Waals surface area contributed by atoms with E-state index in [2.05, 4.69) is 6.07 Å². The lowest BCUT2D eigenvalue weighted by atomic mass is 10.3. The smallest absolute Gasteiger partial charge is 0.190 e. The molecule has 0 spiro atoms. The predicted molar refractivity (Wildman–Crippen MR) is 95.3 cm³/mol. The van der Waals surface area contributed by atoms with Crippen LogP contribution in [0.2, 0.25) is 0 Å². The van der Waals surface area contributed by atoms with Crippen LogP contribution in [0.5, 0.6) is 11.5 Å². The van der Waals surface area contributed by atoms with Crippen molar-refractivity contribution in [3.63, 3.8) is 0 Å². The molecule has 0 aliphatic heterocycles. The van der Waals surface area contributed by atoms with Gasteiger partial charge in [-0.1, -0.05) is 75.7 Å². The van der Waals surface area contributed by atoms with Gasteiger partial charge in [-0.2, -0.15) is 0 Å². The highest BCUT2D eigenvalue weighted by Crippen LogP contribution is 2.33. The second kappa shape index (κ2) is 9.76. The van der Waals surface area contributed by atoms with E-state index in [4.69, 9.17) is 79.1 Å². The highest BCUT2D eigenvalue weighted by atomic mass is 35.6. The first-order chi connectivity index (χ1) is 10.2. The standard InChI is InChI=1S/C14H15Cl6O2/c15-13(16,17)7-3-9-21-11-5-1-2-6-12(11)22-10-4-8-14(18,19)20/h1,5-6H,3-4,7-10H2. The van der Waals surface area contributed by atoms with Gasteiger partial charge in [0.15, 0.2) is 19.1 Å². The summed E-state index contributed by atoms with van der Waals surface area (Å²) in [5.74, 6) is 1.19. The van der Waals surface area contributed by atoms with Crippen LogP contribution >= 0.6 is 69.6 Å². The molecule has 0 bridgehead atoms. The first-order valence-electron chi connectivity index (χ1n) is 6.56. The minimum Gasteiger partial charge on any atom is -0.490 e. The van der Waals surface area contributed by atoms with Crippen LogP contribution in [0.3, 0.4) is 0 Å². The number of alkyl halides is 6. The molecule has 0 amide bonds. The Hall–Kier alpha value is 0.560. The van der Waals surface area contributed by atoms with Gasteiger partial charge in [0.1, 0.15) is 0 Å². The quantitative estimate of drug-likeness (QED) is 0.346. The summed E-state index contributed by atoms with van der Waals surface area (Å²) in [6.07, 6.45) is 2.05. The molecule has 0 N–H and O–H groups in total. The van der Waals surface area contributed by atoms with Crippen molar-refractivity contribution in [2.45, 2.75) is 33.3 Å². The third-order valence-electron chi connectivity index (χ3n) is 2.51. The summed E-state index contributed by atoms with van der Waals surface area (Å²) in [6.45, 7) is 0.832. The molecule has 1 radical (unpaired) electrons. The summed E-state index contributed by atoms with van der Waals surface area (Å²) in [4.78, 5) is 0. The summed E-state index contributed by atoms with van der Waals surface area (Å²) in [5.41, 5.74) is 0. The Labute approximate surface area is 160 Å². The molecular weight excluding hydrogens is 413 g/mol. The molecule has 1 aromatic rings. The predicted octanol–water partition coefficient (Wildman–Crippen LogP) is 6.55. The Morgan fingerprint density at radius 2 is 1.32 bits per heavy atom. The fraction of sp³-hybridized carbons (Fsp3) is 0.571. The van der Waals surface area contributed by atoms with Crippen LogP contribution in [0.1, 0.15) is 25.7 Å². The monoisotopic (exact) mass is 425 g/mol. The van der Waals surface area contributed by atoms with Gasteiger partial charge in [0.25, 0.3) is 0 Å². The van der Waals surface area contributed by atoms with Gasteiger partial charge >= 0.3 is 0 Å². The van der Waals surface area contributed by atoms with E-state index < -0.39 is 7.59 Å². The number of hydrogen-bond acceptors (Lipinski definition) is 2. The van der Waals surface area contributed by atoms with Crippen LogP contribution in [0.15, 0.2) is 18.2 Å². The van der Waals surface area contributed by atoms with Crippen LogP contribution in [-0.4, -0.2) is 20.8 Å². The summed E-state index contributed by atoms with van der Waals surface area (Å²) in [7, 11) is 0. The number of halogens is 6. The average Bonchev–Trinajstić information content (AvgIpc) is 2.39. The maximum Gasteiger partial charge on any atom is 0.190 e. The number of ether oxygens (including phenoxy) is 2. The van der Waals surface area contributed by atoms with Gasteiger partial charge < -0.3 is 9.47 Å². The molecule has 0 atom stereocenters. The van der Waals surface area contributed by atoms with Crippen molar-refractivity contribution in [3.05, 3.63) is 24.3 Å². The van der Waals surface area contributed by atoms with Crippen LogP contribution in [0, 0.1) is 6.07 Å². The minimum absolute atomic E-state index is 0.410. The fourth-order valence-corrected chi connectivity index (χ4v) is 2.34. The van der Waals surface area contributed by atoms with E-state index in [0.29, 0.717) is 50.4 Å². The molecule has 1 aromatic carbocycles. The second-order valence-corrected chi connectivity index (χ2v) is 9.54. The van der Waals surface area contributed by atoms with Crippen LogP contribution < -0.4 is 9.47 Å². The van der Waals surface area contributed by atoms with E-state index in [1.807, 2.05) is 0 Å². The number of hydrogen-bond donors (Lipinski definition) is 0. The van der Waals surface area contributed by atoms with Gasteiger partial charge in [0.05, 0.1) is 13.2 Å². The molecule has 0 heterocycles. The molecule has 125 valence electrons. The van der Waals surface area contributed by atoms with Crippen molar-refractivity contribution in [1.82, 2.24) is 0 Å². The van der Waals surface area contributed by atoms with Crippen molar-refractivity contribution in [3.8, 4) is 11.5 Å². The normalized spacial score (nSPS) is 12.3. The molecule has 0 aliphatic rings. The lowest BCUT2D eigenvalue weighted by Gasteiger charge is -2.15. The lowest BCUT2D eigenvalue weighted by Crippen LogP contribution is -2.08. The van der Waals surface area contributed by atoms with E-state index in [-0.39, 0.29) is 0 Å². The third kappa shape index (κ3) is 10.4. The van der Waals surface area contributed by atoms with E-state index in [0.717, 1.165) is 0 Å². The van der Waals surface area contributed by atoms with Gasteiger partial charge in [-0.3, -0.25) is 0 Å². The molecule has 0 saturated heterocycles. The van der Waals surface area contributed by atoms with Crippen LogP contribution in [0.4, 0.5) is 0 Å². The molecule has 22 heavy (non-hydrogen) atoms. The van der Waals surface area contributed by atoms with E-state index in [1.54, 1.807) is 18.2 Å². The molecule has 2 nitrogen and oxygen atoms in total. The lowest BCUT2D eigenvalue weighted by molar-refractivity contribution is 0.260. The Bertz CT molecular complexity index is 401. The molecule has 0 unspecified atom stereocenters. The first-order valence-corrected chi connectivity index (χ1v) is 8.83. The van der Waals surface area contributed by atoms with Gasteiger partial charge in [0, 0.05) is 0 Å². The molecule has 1 rings (SSSR count). The Balaban J connectivity index is 2.38. The maximum atomic E-state index is 5.68. The minimum atomic E-state index is -1.26. The summed E-state index contributed by atoms with van der Waals surface area (Å²) >= 11 is 34.1. The van der Waals surface area contributed by atoms with Crippen molar-refractivity contribution < 1.29 is 9.47 Å². The highest BCUT2D eigenvalue weighted by molar-refractivity contribution is 6.67. The zero-order chi connectivity index (χ0) is 16.6. The Kier molecular flexibility index (Phi) is 9.14. The van der Waals surface area contributed by atoms with E-state index >= 15 is 0 Å². The second-order valence-electron chi connectivity index (χ2n) is 4.51. The number of benzene rings is 1. The van der Waals surface area contributed by atoms with Crippen LogP contribution in [0.25, 0.3) is 0 Å². The van der Waals surface area contributed by atoms with Crippen LogP contribution in [-0.2, 0) is 0 Å². The summed E-state index contributed by atoms with van der Waals surface area (Å²) in [5, 5.41) is 0. The summed E-state index contributed by atoms with van der Waals surface area (Å²) < 4.78 is 8.73. The largest absolute Gasteiger partial charge is 0.490 e. The third-order valence-corrected chi connectivity index (χ3v) is 3.65. The first kappa shape index (κ1) is 20.6. The molecule has 0 aliphatic carbocycles. The topological polar surface area (TPSA) is 18.5 Å². The zero-order valence-corrected chi connectivity index (χ0v) is 16.1. The molecule has 0 aromatic heterocycles. The van der Waals surface area contributed by atoms with Crippen molar-refractivity contribution in [2.75, 3.05) is 13.2 Å². The van der Waals surface area contributed by atoms with Crippen molar-refractivity contribution in [1.29, 1.82) is 0 Å². The van der Waals surface area contributed by atoms with Crippen molar-refractivity contribution >= 4 is 69.6 Å². The number of rotatable bonds is 8.